The minimum absolute atomic E-state index is 0.0409. The Morgan fingerprint density at radius 1 is 0.684 bits per heavy atom. The number of hydrogen-bond donors (Lipinski definition) is 4. The molecule has 2 rings (SSSR count). The molecule has 0 aliphatic rings. The number of phenolic OH excluding ortho intramolecular Hbond substituents is 4. The first kappa shape index (κ1) is 13.1. The van der Waals surface area contributed by atoms with E-state index in [0.717, 1.165) is 17.5 Å². The molecule has 19 heavy (non-hydrogen) atoms. The molecule has 0 saturated carbocycles. The summed E-state index contributed by atoms with van der Waals surface area (Å²) in [6, 6.07) is 9.04. The summed E-state index contributed by atoms with van der Waals surface area (Å²) in [7, 11) is 0. The Bertz CT molecular complexity index is 558. The van der Waals surface area contributed by atoms with Gasteiger partial charge < -0.3 is 20.4 Å². The van der Waals surface area contributed by atoms with Crippen molar-refractivity contribution in [3.63, 3.8) is 0 Å². The summed E-state index contributed by atoms with van der Waals surface area (Å²) in [5, 5.41) is 37.5. The number of benzene rings is 2. The summed E-state index contributed by atoms with van der Waals surface area (Å²) in [6.45, 7) is 0. The van der Waals surface area contributed by atoms with E-state index in [9.17, 15) is 20.4 Å². The molecule has 0 bridgehead atoms. The Hall–Kier alpha value is -2.36. The van der Waals surface area contributed by atoms with Crippen LogP contribution in [0.1, 0.15) is 17.5 Å². The zero-order valence-corrected chi connectivity index (χ0v) is 10.4. The predicted octanol–water partition coefficient (Wildman–Crippen LogP) is 2.68. The third kappa shape index (κ3) is 3.55. The van der Waals surface area contributed by atoms with Gasteiger partial charge in [-0.15, -0.1) is 0 Å². The summed E-state index contributed by atoms with van der Waals surface area (Å²) in [5.41, 5.74) is 1.61. The maximum absolute atomic E-state index is 9.64. The fraction of sp³-hybridized carbons (Fsp3) is 0.200. The molecule has 0 saturated heterocycles. The fourth-order valence-corrected chi connectivity index (χ4v) is 2.05. The maximum Gasteiger partial charge on any atom is 0.122 e. The lowest BCUT2D eigenvalue weighted by Crippen LogP contribution is -1.91. The molecule has 0 fully saturated rings. The lowest BCUT2D eigenvalue weighted by Gasteiger charge is -2.06. The SMILES string of the molecule is Oc1cc(O)cc(CCCc2ccc(O)cc2O)c1. The summed E-state index contributed by atoms with van der Waals surface area (Å²) >= 11 is 0. The van der Waals surface area contributed by atoms with Gasteiger partial charge in [-0.3, -0.25) is 0 Å². The van der Waals surface area contributed by atoms with Crippen molar-refractivity contribution < 1.29 is 20.4 Å². The van der Waals surface area contributed by atoms with Crippen LogP contribution in [-0.2, 0) is 12.8 Å². The standard InChI is InChI=1S/C15H16O4/c16-12-5-4-11(15(19)9-12)3-1-2-10-6-13(17)8-14(18)7-10/h4-9,16-19H,1-3H2. The molecule has 100 valence electrons. The van der Waals surface area contributed by atoms with Crippen molar-refractivity contribution >= 4 is 0 Å². The van der Waals surface area contributed by atoms with Gasteiger partial charge in [-0.1, -0.05) is 6.07 Å². The lowest BCUT2D eigenvalue weighted by molar-refractivity contribution is 0.444. The molecule has 2 aromatic carbocycles. The molecule has 0 aliphatic heterocycles. The topological polar surface area (TPSA) is 80.9 Å². The summed E-state index contributed by atoms with van der Waals surface area (Å²) in [6.07, 6.45) is 2.10. The Kier molecular flexibility index (Phi) is 3.80. The van der Waals surface area contributed by atoms with Crippen LogP contribution >= 0.6 is 0 Å². The maximum atomic E-state index is 9.64. The van der Waals surface area contributed by atoms with E-state index in [2.05, 4.69) is 0 Å². The van der Waals surface area contributed by atoms with Gasteiger partial charge in [-0.05, 0) is 48.6 Å². The molecule has 0 radical (unpaired) electrons. The zero-order valence-electron chi connectivity index (χ0n) is 10.4. The van der Waals surface area contributed by atoms with Crippen LogP contribution in [0.3, 0.4) is 0 Å². The lowest BCUT2D eigenvalue weighted by atomic mass is 10.0. The minimum atomic E-state index is 0.0409. The van der Waals surface area contributed by atoms with Crippen LogP contribution in [0.5, 0.6) is 23.0 Å². The Morgan fingerprint density at radius 2 is 1.37 bits per heavy atom. The van der Waals surface area contributed by atoms with E-state index < -0.39 is 0 Å². The molecule has 0 atom stereocenters. The van der Waals surface area contributed by atoms with Crippen LogP contribution < -0.4 is 0 Å². The van der Waals surface area contributed by atoms with Gasteiger partial charge in [0.25, 0.3) is 0 Å². The van der Waals surface area contributed by atoms with Crippen molar-refractivity contribution in [3.8, 4) is 23.0 Å². The molecule has 0 heterocycles. The van der Waals surface area contributed by atoms with Gasteiger partial charge in [-0.25, -0.2) is 0 Å². The van der Waals surface area contributed by atoms with Gasteiger partial charge in [0.15, 0.2) is 0 Å². The van der Waals surface area contributed by atoms with Crippen molar-refractivity contribution in [2.75, 3.05) is 0 Å². The zero-order chi connectivity index (χ0) is 13.8. The first-order chi connectivity index (χ1) is 9.04. The molecule has 0 spiro atoms. The summed E-state index contributed by atoms with van der Waals surface area (Å²) in [4.78, 5) is 0. The second-order valence-corrected chi connectivity index (χ2v) is 4.52. The average molecular weight is 260 g/mol. The number of rotatable bonds is 4. The van der Waals surface area contributed by atoms with Crippen molar-refractivity contribution in [2.45, 2.75) is 19.3 Å². The third-order valence-electron chi connectivity index (χ3n) is 2.94. The average Bonchev–Trinajstić information content (AvgIpc) is 2.30. The molecule has 0 aromatic heterocycles. The highest BCUT2D eigenvalue weighted by molar-refractivity contribution is 5.39. The van der Waals surface area contributed by atoms with Gasteiger partial charge in [0.1, 0.15) is 23.0 Å². The van der Waals surface area contributed by atoms with Gasteiger partial charge in [0.2, 0.25) is 0 Å². The Labute approximate surface area is 111 Å². The molecular formula is C15H16O4. The molecule has 4 heteroatoms. The minimum Gasteiger partial charge on any atom is -0.508 e. The van der Waals surface area contributed by atoms with Crippen molar-refractivity contribution in [1.82, 2.24) is 0 Å². The Balaban J connectivity index is 1.96. The molecule has 4 nitrogen and oxygen atoms in total. The summed E-state index contributed by atoms with van der Waals surface area (Å²) in [5.74, 6) is 0.211. The van der Waals surface area contributed by atoms with E-state index in [1.807, 2.05) is 0 Å². The monoisotopic (exact) mass is 260 g/mol. The van der Waals surface area contributed by atoms with E-state index >= 15 is 0 Å². The van der Waals surface area contributed by atoms with E-state index in [4.69, 9.17) is 0 Å². The predicted molar refractivity (Wildman–Crippen MR) is 71.6 cm³/mol. The quantitative estimate of drug-likeness (QED) is 0.681. The van der Waals surface area contributed by atoms with Crippen LogP contribution in [0.15, 0.2) is 36.4 Å². The highest BCUT2D eigenvalue weighted by Gasteiger charge is 2.04. The van der Waals surface area contributed by atoms with Gasteiger partial charge in [0, 0.05) is 12.1 Å². The smallest absolute Gasteiger partial charge is 0.122 e. The largest absolute Gasteiger partial charge is 0.508 e. The molecule has 0 amide bonds. The highest BCUT2D eigenvalue weighted by atomic mass is 16.3. The number of phenols is 4. The van der Waals surface area contributed by atoms with Crippen molar-refractivity contribution in [1.29, 1.82) is 0 Å². The van der Waals surface area contributed by atoms with Crippen LogP contribution in [0.2, 0.25) is 0 Å². The number of aromatic hydroxyl groups is 4. The van der Waals surface area contributed by atoms with Crippen LogP contribution in [0.25, 0.3) is 0 Å². The first-order valence-electron chi connectivity index (χ1n) is 6.07. The van der Waals surface area contributed by atoms with Gasteiger partial charge in [0.05, 0.1) is 0 Å². The van der Waals surface area contributed by atoms with Crippen LogP contribution in [0.4, 0.5) is 0 Å². The van der Waals surface area contributed by atoms with E-state index in [0.29, 0.717) is 12.8 Å². The molecule has 4 N–H and O–H groups in total. The van der Waals surface area contributed by atoms with Crippen LogP contribution in [-0.4, -0.2) is 20.4 Å². The van der Waals surface area contributed by atoms with E-state index in [1.165, 1.54) is 18.2 Å². The normalized spacial score (nSPS) is 10.5. The van der Waals surface area contributed by atoms with Crippen LogP contribution in [0, 0.1) is 0 Å². The van der Waals surface area contributed by atoms with E-state index in [1.54, 1.807) is 18.2 Å². The fourth-order valence-electron chi connectivity index (χ4n) is 2.05. The van der Waals surface area contributed by atoms with Gasteiger partial charge >= 0.3 is 0 Å². The molecule has 0 unspecified atom stereocenters. The third-order valence-corrected chi connectivity index (χ3v) is 2.94. The van der Waals surface area contributed by atoms with E-state index in [-0.39, 0.29) is 23.0 Å². The highest BCUT2D eigenvalue weighted by Crippen LogP contribution is 2.25. The van der Waals surface area contributed by atoms with Crippen molar-refractivity contribution in [2.24, 2.45) is 0 Å². The van der Waals surface area contributed by atoms with Crippen molar-refractivity contribution in [3.05, 3.63) is 47.5 Å². The number of aryl methyl sites for hydroxylation is 2. The Morgan fingerprint density at radius 3 is 2.00 bits per heavy atom. The second kappa shape index (κ2) is 5.52. The van der Waals surface area contributed by atoms with Gasteiger partial charge in [-0.2, -0.15) is 0 Å². The molecular weight excluding hydrogens is 244 g/mol. The molecule has 0 aliphatic carbocycles. The number of hydrogen-bond acceptors (Lipinski definition) is 4. The second-order valence-electron chi connectivity index (χ2n) is 4.52. The summed E-state index contributed by atoms with van der Waals surface area (Å²) < 4.78 is 0. The first-order valence-corrected chi connectivity index (χ1v) is 6.07. The molecule has 2 aromatic rings.